The number of amides is 4. The van der Waals surface area contributed by atoms with Crippen LogP contribution < -0.4 is 10.6 Å². The molecule has 1 atom stereocenters. The Bertz CT molecular complexity index is 917. The summed E-state index contributed by atoms with van der Waals surface area (Å²) in [6, 6.07) is 13.2. The van der Waals surface area contributed by atoms with E-state index in [-0.39, 0.29) is 31.8 Å². The van der Waals surface area contributed by atoms with E-state index in [0.29, 0.717) is 11.3 Å². The fourth-order valence-corrected chi connectivity index (χ4v) is 2.90. The first-order chi connectivity index (χ1) is 14.4. The Morgan fingerprint density at radius 1 is 1.10 bits per heavy atom. The Hall–Kier alpha value is -3.75. The highest BCUT2D eigenvalue weighted by Gasteiger charge is 2.29. The highest BCUT2D eigenvalue weighted by molar-refractivity contribution is 6.02. The van der Waals surface area contributed by atoms with Gasteiger partial charge in [-0.1, -0.05) is 30.3 Å². The lowest BCUT2D eigenvalue weighted by molar-refractivity contribution is -0.155. The number of carbonyl (C=O) groups is 4. The molecule has 1 aliphatic heterocycles. The van der Waals surface area contributed by atoms with Crippen LogP contribution in [-0.2, 0) is 19.1 Å². The molecule has 1 fully saturated rings. The number of imide groups is 1. The van der Waals surface area contributed by atoms with Crippen molar-refractivity contribution in [3.05, 3.63) is 66.0 Å². The highest BCUT2D eigenvalue weighted by Crippen LogP contribution is 2.21. The second-order valence-corrected chi connectivity index (χ2v) is 6.58. The standard InChI is InChI=1S/C21H20FN3O5/c22-15-8-10-16(11-9-15)24-20(28)19(14-5-2-1-3-6-14)30-18(27)7-4-12-25-17(26)13-23-21(25)29/h1-3,5-6,8-11,19H,4,7,12-13H2,(H,23,29)(H,24,28). The lowest BCUT2D eigenvalue weighted by atomic mass is 10.1. The lowest BCUT2D eigenvalue weighted by Gasteiger charge is -2.18. The molecule has 4 amide bonds. The summed E-state index contributed by atoms with van der Waals surface area (Å²) in [5.74, 6) is -2.03. The molecular weight excluding hydrogens is 393 g/mol. The van der Waals surface area contributed by atoms with Crippen molar-refractivity contribution in [3.8, 4) is 0 Å². The lowest BCUT2D eigenvalue weighted by Crippen LogP contribution is -2.32. The third-order valence-corrected chi connectivity index (χ3v) is 4.40. The average Bonchev–Trinajstić information content (AvgIpc) is 3.06. The van der Waals surface area contributed by atoms with Crippen LogP contribution in [-0.4, -0.2) is 41.8 Å². The molecule has 2 aromatic rings. The Morgan fingerprint density at radius 2 is 1.80 bits per heavy atom. The number of hydrogen-bond acceptors (Lipinski definition) is 5. The number of ether oxygens (including phenoxy) is 1. The van der Waals surface area contributed by atoms with Crippen molar-refractivity contribution in [1.82, 2.24) is 10.2 Å². The average molecular weight is 413 g/mol. The number of urea groups is 1. The van der Waals surface area contributed by atoms with Crippen LogP contribution in [0.1, 0.15) is 24.5 Å². The molecule has 9 heteroatoms. The van der Waals surface area contributed by atoms with Crippen LogP contribution in [0.3, 0.4) is 0 Å². The van der Waals surface area contributed by atoms with Crippen molar-refractivity contribution in [1.29, 1.82) is 0 Å². The van der Waals surface area contributed by atoms with Crippen molar-refractivity contribution in [2.45, 2.75) is 18.9 Å². The zero-order valence-corrected chi connectivity index (χ0v) is 16.0. The van der Waals surface area contributed by atoms with Gasteiger partial charge in [-0.25, -0.2) is 9.18 Å². The van der Waals surface area contributed by atoms with E-state index in [1.165, 1.54) is 24.3 Å². The molecule has 0 aliphatic carbocycles. The van der Waals surface area contributed by atoms with E-state index >= 15 is 0 Å². The van der Waals surface area contributed by atoms with Crippen LogP contribution in [0.2, 0.25) is 0 Å². The molecule has 0 saturated carbocycles. The van der Waals surface area contributed by atoms with Crippen molar-refractivity contribution in [3.63, 3.8) is 0 Å². The number of hydrogen-bond donors (Lipinski definition) is 2. The fourth-order valence-electron chi connectivity index (χ4n) is 2.90. The van der Waals surface area contributed by atoms with Crippen molar-refractivity contribution in [2.24, 2.45) is 0 Å². The summed E-state index contributed by atoms with van der Waals surface area (Å²) in [5, 5.41) is 4.99. The van der Waals surface area contributed by atoms with Crippen LogP contribution in [0.15, 0.2) is 54.6 Å². The van der Waals surface area contributed by atoms with Gasteiger partial charge in [-0.05, 0) is 30.7 Å². The molecule has 1 aliphatic rings. The van der Waals surface area contributed by atoms with Crippen molar-refractivity contribution < 1.29 is 28.3 Å². The van der Waals surface area contributed by atoms with Gasteiger partial charge in [-0.15, -0.1) is 0 Å². The number of benzene rings is 2. The number of halogens is 1. The van der Waals surface area contributed by atoms with Gasteiger partial charge in [0.1, 0.15) is 5.82 Å². The molecule has 30 heavy (non-hydrogen) atoms. The molecule has 0 aromatic heterocycles. The van der Waals surface area contributed by atoms with Gasteiger partial charge in [0.15, 0.2) is 0 Å². The van der Waals surface area contributed by atoms with E-state index in [4.69, 9.17) is 4.74 Å². The van der Waals surface area contributed by atoms with Gasteiger partial charge in [0.25, 0.3) is 5.91 Å². The summed E-state index contributed by atoms with van der Waals surface area (Å²) in [6.45, 7) is 0.0282. The number of carbonyl (C=O) groups excluding carboxylic acids is 4. The van der Waals surface area contributed by atoms with Gasteiger partial charge in [0.2, 0.25) is 12.0 Å². The smallest absolute Gasteiger partial charge is 0.324 e. The molecule has 1 unspecified atom stereocenters. The third kappa shape index (κ3) is 5.40. The summed E-state index contributed by atoms with van der Waals surface area (Å²) in [4.78, 5) is 49.1. The predicted molar refractivity (Wildman–Crippen MR) is 105 cm³/mol. The van der Waals surface area contributed by atoms with Gasteiger partial charge < -0.3 is 15.4 Å². The van der Waals surface area contributed by atoms with Gasteiger partial charge in [-0.2, -0.15) is 0 Å². The van der Waals surface area contributed by atoms with Crippen LogP contribution in [0.4, 0.5) is 14.9 Å². The third-order valence-electron chi connectivity index (χ3n) is 4.40. The SMILES string of the molecule is O=C(CCCN1C(=O)CNC1=O)OC(C(=O)Nc1ccc(F)cc1)c1ccccc1. The molecule has 2 N–H and O–H groups in total. The highest BCUT2D eigenvalue weighted by atomic mass is 19.1. The number of anilines is 1. The molecule has 1 heterocycles. The number of nitrogens with one attached hydrogen (secondary N) is 2. The minimum atomic E-state index is -1.21. The number of esters is 1. The zero-order chi connectivity index (χ0) is 21.5. The Kier molecular flexibility index (Phi) is 6.74. The number of nitrogens with zero attached hydrogens (tertiary/aromatic N) is 1. The normalized spacial score (nSPS) is 14.2. The predicted octanol–water partition coefficient (Wildman–Crippen LogP) is 2.38. The molecule has 3 rings (SSSR count). The first kappa shape index (κ1) is 21.0. The molecular formula is C21H20FN3O5. The quantitative estimate of drug-likeness (QED) is 0.511. The van der Waals surface area contributed by atoms with Crippen LogP contribution >= 0.6 is 0 Å². The van der Waals surface area contributed by atoms with Crippen LogP contribution in [0.5, 0.6) is 0 Å². The summed E-state index contributed by atoms with van der Waals surface area (Å²) in [6.07, 6.45) is -1.08. The maximum absolute atomic E-state index is 13.1. The number of rotatable bonds is 8. The van der Waals surface area contributed by atoms with Crippen LogP contribution in [0, 0.1) is 5.82 Å². The monoisotopic (exact) mass is 413 g/mol. The van der Waals surface area contributed by atoms with E-state index in [9.17, 15) is 23.6 Å². The van der Waals surface area contributed by atoms with E-state index < -0.39 is 29.8 Å². The van der Waals surface area contributed by atoms with Gasteiger partial charge >= 0.3 is 12.0 Å². The topological polar surface area (TPSA) is 105 Å². The molecule has 0 radical (unpaired) electrons. The summed E-state index contributed by atoms with van der Waals surface area (Å²) >= 11 is 0. The summed E-state index contributed by atoms with van der Waals surface area (Å²) in [5.41, 5.74) is 0.830. The van der Waals surface area contributed by atoms with E-state index in [0.717, 1.165) is 4.90 Å². The second kappa shape index (κ2) is 9.64. The summed E-state index contributed by atoms with van der Waals surface area (Å²) < 4.78 is 18.5. The Balaban J connectivity index is 1.61. The maximum Gasteiger partial charge on any atom is 0.324 e. The van der Waals surface area contributed by atoms with E-state index in [1.807, 2.05) is 0 Å². The van der Waals surface area contributed by atoms with E-state index in [2.05, 4.69) is 10.6 Å². The fraction of sp³-hybridized carbons (Fsp3) is 0.238. The minimum absolute atomic E-state index is 0.0527. The Labute approximate surface area is 172 Å². The van der Waals surface area contributed by atoms with E-state index in [1.54, 1.807) is 30.3 Å². The first-order valence-corrected chi connectivity index (χ1v) is 9.33. The molecule has 8 nitrogen and oxygen atoms in total. The molecule has 156 valence electrons. The maximum atomic E-state index is 13.1. The molecule has 1 saturated heterocycles. The largest absolute Gasteiger partial charge is 0.447 e. The minimum Gasteiger partial charge on any atom is -0.447 e. The van der Waals surface area contributed by atoms with Crippen LogP contribution in [0.25, 0.3) is 0 Å². The van der Waals surface area contributed by atoms with Gasteiger partial charge in [-0.3, -0.25) is 19.3 Å². The zero-order valence-electron chi connectivity index (χ0n) is 16.0. The van der Waals surface area contributed by atoms with Gasteiger partial charge in [0.05, 0.1) is 6.54 Å². The van der Waals surface area contributed by atoms with Gasteiger partial charge in [0, 0.05) is 24.2 Å². The molecule has 0 bridgehead atoms. The van der Waals surface area contributed by atoms with Crippen molar-refractivity contribution >= 4 is 29.5 Å². The molecule has 2 aromatic carbocycles. The second-order valence-electron chi connectivity index (χ2n) is 6.58. The molecule has 0 spiro atoms. The Morgan fingerprint density at radius 3 is 2.43 bits per heavy atom. The van der Waals surface area contributed by atoms with Crippen molar-refractivity contribution in [2.75, 3.05) is 18.4 Å². The first-order valence-electron chi connectivity index (χ1n) is 9.33. The summed E-state index contributed by atoms with van der Waals surface area (Å²) in [7, 11) is 0.